The van der Waals surface area contributed by atoms with E-state index in [0.29, 0.717) is 43.5 Å². The third-order valence-corrected chi connectivity index (χ3v) is 5.22. The predicted octanol–water partition coefficient (Wildman–Crippen LogP) is 2.72. The minimum atomic E-state index is -3.14. The van der Waals surface area contributed by atoms with Gasteiger partial charge in [-0.2, -0.15) is 0 Å². The van der Waals surface area contributed by atoms with Gasteiger partial charge in [0.1, 0.15) is 12.4 Å². The van der Waals surface area contributed by atoms with Crippen LogP contribution in [-0.2, 0) is 16.0 Å². The van der Waals surface area contributed by atoms with Crippen LogP contribution in [0.3, 0.4) is 0 Å². The molecule has 2 fully saturated rings. The van der Waals surface area contributed by atoms with Crippen molar-refractivity contribution < 1.29 is 23.5 Å². The lowest BCUT2D eigenvalue weighted by Gasteiger charge is -2.31. The van der Waals surface area contributed by atoms with Gasteiger partial charge in [0, 0.05) is 31.5 Å². The van der Waals surface area contributed by atoms with E-state index in [1.807, 2.05) is 0 Å². The van der Waals surface area contributed by atoms with Gasteiger partial charge in [0.15, 0.2) is 0 Å². The zero-order valence-electron chi connectivity index (χ0n) is 13.4. The van der Waals surface area contributed by atoms with Crippen LogP contribution in [0, 0.1) is 5.41 Å². The number of alkyl halides is 2. The first-order valence-electron chi connectivity index (χ1n) is 8.27. The van der Waals surface area contributed by atoms with Crippen LogP contribution in [0.15, 0.2) is 24.3 Å². The molecule has 0 atom stereocenters. The average Bonchev–Trinajstić information content (AvgIpc) is 2.88. The van der Waals surface area contributed by atoms with Gasteiger partial charge in [0.2, 0.25) is 5.91 Å². The largest absolute Gasteiger partial charge is 0.390 e. The van der Waals surface area contributed by atoms with Crippen molar-refractivity contribution in [3.05, 3.63) is 29.8 Å². The highest BCUT2D eigenvalue weighted by molar-refractivity contribution is 6.01. The van der Waals surface area contributed by atoms with Crippen LogP contribution < -0.4 is 4.90 Å². The monoisotopic (exact) mass is 337 g/mol. The van der Waals surface area contributed by atoms with Crippen LogP contribution in [0.2, 0.25) is 0 Å². The second kappa shape index (κ2) is 6.24. The van der Waals surface area contributed by atoms with Crippen molar-refractivity contribution in [1.82, 2.24) is 0 Å². The molecule has 130 valence electrons. The molecule has 4 nitrogen and oxygen atoms in total. The van der Waals surface area contributed by atoms with Crippen molar-refractivity contribution in [2.75, 3.05) is 18.1 Å². The summed E-state index contributed by atoms with van der Waals surface area (Å²) in [6, 6.07) is 6.49. The molecule has 0 radical (unpaired) electrons. The zero-order valence-corrected chi connectivity index (χ0v) is 13.4. The fraction of sp³-hybridized carbons (Fsp3) is 0.556. The van der Waals surface area contributed by atoms with Crippen LogP contribution in [0.5, 0.6) is 0 Å². The summed E-state index contributed by atoms with van der Waals surface area (Å²) in [6.07, 6.45) is 2.38. The summed E-state index contributed by atoms with van der Waals surface area (Å²) >= 11 is 0. The van der Waals surface area contributed by atoms with Gasteiger partial charge in [-0.05, 0) is 37.0 Å². The molecule has 1 N–H and O–H groups in total. The Labute approximate surface area is 139 Å². The van der Waals surface area contributed by atoms with Gasteiger partial charge < -0.3 is 10.0 Å². The van der Waals surface area contributed by atoms with Gasteiger partial charge in [-0.15, -0.1) is 0 Å². The maximum absolute atomic E-state index is 13.2. The summed E-state index contributed by atoms with van der Waals surface area (Å²) in [4.78, 5) is 25.9. The maximum Gasteiger partial charge on any atom is 0.274 e. The van der Waals surface area contributed by atoms with E-state index >= 15 is 0 Å². The summed E-state index contributed by atoms with van der Waals surface area (Å²) in [6.45, 7) is -0.584. The Bertz CT molecular complexity index is 632. The van der Waals surface area contributed by atoms with Gasteiger partial charge in [0.05, 0.1) is 5.41 Å². The van der Waals surface area contributed by atoms with Gasteiger partial charge in [0.25, 0.3) is 5.92 Å². The maximum atomic E-state index is 13.2. The molecule has 1 spiro atoms. The van der Waals surface area contributed by atoms with E-state index < -0.39 is 24.4 Å². The Morgan fingerprint density at radius 2 is 1.71 bits per heavy atom. The Hall–Kier alpha value is -1.82. The fourth-order valence-corrected chi connectivity index (χ4v) is 3.69. The van der Waals surface area contributed by atoms with E-state index in [0.717, 1.165) is 6.42 Å². The number of carbonyl (C=O) groups excluding carboxylic acids is 2. The number of hydrogen-bond donors (Lipinski definition) is 1. The number of hydrogen-bond acceptors (Lipinski definition) is 3. The Morgan fingerprint density at radius 3 is 2.29 bits per heavy atom. The van der Waals surface area contributed by atoms with Crippen LogP contribution in [0.4, 0.5) is 14.5 Å². The lowest BCUT2D eigenvalue weighted by molar-refractivity contribution is -0.130. The van der Waals surface area contributed by atoms with Crippen molar-refractivity contribution in [2.24, 2.45) is 5.41 Å². The van der Waals surface area contributed by atoms with Crippen molar-refractivity contribution in [3.63, 3.8) is 0 Å². The molecule has 1 aliphatic carbocycles. The Balaban J connectivity index is 1.71. The molecule has 0 bridgehead atoms. The molecule has 6 heteroatoms. The topological polar surface area (TPSA) is 57.6 Å². The van der Waals surface area contributed by atoms with Crippen LogP contribution >= 0.6 is 0 Å². The molecular formula is C18H21F2NO3. The number of ketones is 1. The summed E-state index contributed by atoms with van der Waals surface area (Å²) in [5.41, 5.74) is 0.698. The summed E-state index contributed by atoms with van der Waals surface area (Å²) in [5, 5.41) is 8.65. The number of carbonyl (C=O) groups is 2. The van der Waals surface area contributed by atoms with Gasteiger partial charge in [-0.25, -0.2) is 8.78 Å². The number of benzene rings is 1. The molecule has 1 aromatic carbocycles. The highest BCUT2D eigenvalue weighted by atomic mass is 19.3. The number of anilines is 1. The number of aliphatic hydroxyl groups is 1. The first kappa shape index (κ1) is 17.0. The van der Waals surface area contributed by atoms with E-state index in [-0.39, 0.29) is 11.7 Å². The number of rotatable bonds is 4. The minimum absolute atomic E-state index is 0.0449. The lowest BCUT2D eigenvalue weighted by atomic mass is 9.72. The first-order chi connectivity index (χ1) is 11.4. The van der Waals surface area contributed by atoms with Crippen LogP contribution in [0.25, 0.3) is 0 Å². The van der Waals surface area contributed by atoms with Crippen LogP contribution in [-0.4, -0.2) is 35.9 Å². The Morgan fingerprint density at radius 1 is 1.08 bits per heavy atom. The molecule has 1 amide bonds. The standard InChI is InChI=1S/C18H21F2NO3/c19-18(20,12-22)11-13-1-3-14(4-2-13)21-10-9-17(16(21)24)7-5-15(23)6-8-17/h1-4,22H,5-12H2. The Kier molecular flexibility index (Phi) is 4.42. The second-order valence-electron chi connectivity index (χ2n) is 6.88. The summed E-state index contributed by atoms with van der Waals surface area (Å²) in [5.74, 6) is -2.87. The van der Waals surface area contributed by atoms with E-state index in [2.05, 4.69) is 0 Å². The number of Topliss-reactive ketones (excluding diaryl/α,β-unsaturated/α-hetero) is 1. The number of halogens is 2. The number of amides is 1. The third kappa shape index (κ3) is 3.20. The first-order valence-corrected chi connectivity index (χ1v) is 8.27. The van der Waals surface area contributed by atoms with E-state index in [1.54, 1.807) is 29.2 Å². The highest BCUT2D eigenvalue weighted by Gasteiger charge is 2.48. The molecule has 1 saturated heterocycles. The SMILES string of the molecule is O=C1CCC2(CC1)CCN(c1ccc(CC(F)(F)CO)cc1)C2=O. The smallest absolute Gasteiger partial charge is 0.274 e. The average molecular weight is 337 g/mol. The number of nitrogens with zero attached hydrogens (tertiary/aromatic N) is 1. The van der Waals surface area contributed by atoms with E-state index in [9.17, 15) is 18.4 Å². The quantitative estimate of drug-likeness (QED) is 0.919. The predicted molar refractivity (Wildman–Crippen MR) is 85.1 cm³/mol. The molecule has 1 aliphatic heterocycles. The molecule has 3 rings (SSSR count). The van der Waals surface area contributed by atoms with Gasteiger partial charge in [-0.3, -0.25) is 9.59 Å². The molecule has 0 unspecified atom stereocenters. The van der Waals surface area contributed by atoms with Crippen molar-refractivity contribution in [2.45, 2.75) is 44.4 Å². The highest BCUT2D eigenvalue weighted by Crippen LogP contribution is 2.45. The molecule has 0 aromatic heterocycles. The van der Waals surface area contributed by atoms with Crippen molar-refractivity contribution in [1.29, 1.82) is 0 Å². The normalized spacial score (nSPS) is 20.9. The van der Waals surface area contributed by atoms with Gasteiger partial charge in [-0.1, -0.05) is 12.1 Å². The minimum Gasteiger partial charge on any atom is -0.390 e. The second-order valence-corrected chi connectivity index (χ2v) is 6.88. The van der Waals surface area contributed by atoms with Gasteiger partial charge >= 0.3 is 0 Å². The molecule has 1 aromatic rings. The fourth-order valence-electron chi connectivity index (χ4n) is 3.69. The van der Waals surface area contributed by atoms with E-state index in [1.165, 1.54) is 0 Å². The molecule has 1 heterocycles. The van der Waals surface area contributed by atoms with E-state index in [4.69, 9.17) is 5.11 Å². The lowest BCUT2D eigenvalue weighted by Crippen LogP contribution is -2.37. The molecule has 2 aliphatic rings. The zero-order chi connectivity index (χ0) is 17.4. The molecule has 24 heavy (non-hydrogen) atoms. The third-order valence-electron chi connectivity index (χ3n) is 5.22. The molecular weight excluding hydrogens is 316 g/mol. The molecule has 1 saturated carbocycles. The van der Waals surface area contributed by atoms with Crippen molar-refractivity contribution >= 4 is 17.4 Å². The van der Waals surface area contributed by atoms with Crippen LogP contribution in [0.1, 0.15) is 37.7 Å². The number of aliphatic hydroxyl groups excluding tert-OH is 1. The van der Waals surface area contributed by atoms with Crippen molar-refractivity contribution in [3.8, 4) is 0 Å². The summed E-state index contributed by atoms with van der Waals surface area (Å²) < 4.78 is 26.5. The summed E-state index contributed by atoms with van der Waals surface area (Å²) in [7, 11) is 0.